The average Bonchev–Trinajstić information content (AvgIpc) is 3.36. The minimum absolute atomic E-state index is 0.0814. The van der Waals surface area contributed by atoms with Gasteiger partial charge in [-0.15, -0.1) is 9.24 Å². The molecule has 1 unspecified atom stereocenters. The Balaban J connectivity index is 1.96. The first-order chi connectivity index (χ1) is 17.9. The third-order valence-electron chi connectivity index (χ3n) is 7.16. The van der Waals surface area contributed by atoms with Gasteiger partial charge in [0.2, 0.25) is 0 Å². The van der Waals surface area contributed by atoms with Crippen LogP contribution in [-0.2, 0) is 21.0 Å². The number of carbonyl (C=O) groups is 1. The molecule has 0 aliphatic heterocycles. The number of halogens is 4. The van der Waals surface area contributed by atoms with E-state index >= 15 is 0 Å². The van der Waals surface area contributed by atoms with E-state index in [2.05, 4.69) is 42.5 Å². The lowest BCUT2D eigenvalue weighted by atomic mass is 9.76. The summed E-state index contributed by atoms with van der Waals surface area (Å²) in [5.41, 5.74) is 2.05. The van der Waals surface area contributed by atoms with Crippen molar-refractivity contribution in [3.8, 4) is 0 Å². The molecule has 4 rings (SSSR count). The van der Waals surface area contributed by atoms with Crippen LogP contribution in [0, 0.1) is 3.57 Å². The molecule has 2 atom stereocenters. The fourth-order valence-corrected chi connectivity index (χ4v) is 5.93. The predicted octanol–water partition coefficient (Wildman–Crippen LogP) is 8.61. The van der Waals surface area contributed by atoms with E-state index in [1.165, 1.54) is 22.6 Å². The van der Waals surface area contributed by atoms with Crippen molar-refractivity contribution in [1.82, 2.24) is 10.6 Å². The summed E-state index contributed by atoms with van der Waals surface area (Å²) in [5.74, 6) is 0. The second-order valence-electron chi connectivity index (χ2n) is 10.7. The minimum atomic E-state index is -3.07. The quantitative estimate of drug-likeness (QED) is 0.135. The number of alkyl halides is 3. The zero-order valence-electron chi connectivity index (χ0n) is 21.5. The molecule has 0 aromatic heterocycles. The van der Waals surface area contributed by atoms with Crippen LogP contribution in [0.3, 0.4) is 0 Å². The molecule has 3 aromatic carbocycles. The second kappa shape index (κ2) is 12.0. The predicted molar refractivity (Wildman–Crippen MR) is 171 cm³/mol. The maximum absolute atomic E-state index is 14.9. The van der Waals surface area contributed by atoms with Crippen LogP contribution in [0.1, 0.15) is 67.3 Å². The molecule has 0 saturated heterocycles. The highest BCUT2D eigenvalue weighted by atomic mass is 127. The maximum atomic E-state index is 14.9. The monoisotopic (exact) mass is 760 g/mol. The van der Waals surface area contributed by atoms with Crippen LogP contribution in [0.2, 0.25) is 0 Å². The van der Waals surface area contributed by atoms with E-state index in [0.717, 1.165) is 45.9 Å². The van der Waals surface area contributed by atoms with Gasteiger partial charge in [0.05, 0.1) is 5.54 Å². The van der Waals surface area contributed by atoms with Crippen molar-refractivity contribution in [3.63, 3.8) is 0 Å². The molecule has 1 aliphatic carbocycles. The van der Waals surface area contributed by atoms with Gasteiger partial charge in [-0.25, -0.2) is 4.79 Å². The molecule has 3 aromatic rings. The van der Waals surface area contributed by atoms with Crippen molar-refractivity contribution in [2.24, 2.45) is 0 Å². The van der Waals surface area contributed by atoms with E-state index in [4.69, 9.17) is 0 Å². The molecule has 1 fully saturated rings. The van der Waals surface area contributed by atoms with E-state index < -0.39 is 14.6 Å². The first-order valence-electron chi connectivity index (χ1n) is 12.8. The zero-order chi connectivity index (χ0) is 27.6. The largest absolute Gasteiger partial charge is 0.335 e. The Hall–Kier alpha value is -1.32. The van der Waals surface area contributed by atoms with E-state index in [1.807, 2.05) is 74.5 Å². The van der Waals surface area contributed by atoms with Gasteiger partial charge in [0, 0.05) is 49.3 Å². The minimum Gasteiger partial charge on any atom is -0.335 e. The summed E-state index contributed by atoms with van der Waals surface area (Å²) in [7, 11) is 2.76. The lowest BCUT2D eigenvalue weighted by Gasteiger charge is -2.38. The van der Waals surface area contributed by atoms with Gasteiger partial charge in [-0.2, -0.15) is 8.78 Å². The maximum Gasteiger partial charge on any atom is 0.321 e. The van der Waals surface area contributed by atoms with E-state index in [0.29, 0.717) is 12.0 Å². The molecule has 1 aliphatic rings. The summed E-state index contributed by atoms with van der Waals surface area (Å²) in [6.45, 7) is 3.96. The molecule has 0 spiro atoms. The number of amides is 2. The molecule has 1 saturated carbocycles. The number of benzene rings is 3. The van der Waals surface area contributed by atoms with Crippen molar-refractivity contribution in [2.75, 3.05) is 0 Å². The Morgan fingerprint density at radius 3 is 2.08 bits per heavy atom. The van der Waals surface area contributed by atoms with Crippen LogP contribution in [-0.4, -0.2) is 12.1 Å². The standard InChI is InChI=1S/C30H33F2I2N2OP/c1-28(2,38)22-16-23(18-24(17-22)30(31,32)34)29(19-20-8-4-3-5-9-20,21-12-14-25(33)15-13-21)36-27(37)35-26-10-6-7-11-26/h3-5,8-9,12-18,26H,6-7,10-11,19,38H2,1-2H3,(H2,35,36,37)/t29-/m0/s1. The second-order valence-corrected chi connectivity index (χ2v) is 14.7. The van der Waals surface area contributed by atoms with Crippen LogP contribution < -0.4 is 10.6 Å². The number of nitrogens with one attached hydrogen (secondary N) is 2. The van der Waals surface area contributed by atoms with Gasteiger partial charge in [-0.05, 0) is 82.0 Å². The number of urea groups is 1. The third kappa shape index (κ3) is 7.25. The highest BCUT2D eigenvalue weighted by molar-refractivity contribution is 14.1. The Labute approximate surface area is 253 Å². The molecule has 0 heterocycles. The van der Waals surface area contributed by atoms with Gasteiger partial charge in [0.25, 0.3) is 0 Å². The summed E-state index contributed by atoms with van der Waals surface area (Å²) < 4.78 is 27.7. The highest BCUT2D eigenvalue weighted by Crippen LogP contribution is 2.43. The topological polar surface area (TPSA) is 41.1 Å². The summed E-state index contributed by atoms with van der Waals surface area (Å²) in [4.78, 5) is 13.6. The Morgan fingerprint density at radius 2 is 1.50 bits per heavy atom. The van der Waals surface area contributed by atoms with Gasteiger partial charge in [-0.1, -0.05) is 75.2 Å². The van der Waals surface area contributed by atoms with Gasteiger partial charge in [0.1, 0.15) is 0 Å². The Bertz CT molecular complexity index is 1220. The zero-order valence-corrected chi connectivity index (χ0v) is 27.0. The van der Waals surface area contributed by atoms with E-state index in [9.17, 15) is 13.6 Å². The molecule has 202 valence electrons. The molecule has 3 nitrogen and oxygen atoms in total. The van der Waals surface area contributed by atoms with Gasteiger partial charge in [0.15, 0.2) is 0 Å². The van der Waals surface area contributed by atoms with E-state index in [1.54, 1.807) is 12.1 Å². The summed E-state index contributed by atoms with van der Waals surface area (Å²) in [6, 6.07) is 22.8. The number of hydrogen-bond donors (Lipinski definition) is 2. The van der Waals surface area contributed by atoms with Crippen LogP contribution >= 0.6 is 54.4 Å². The van der Waals surface area contributed by atoms with E-state index in [-0.39, 0.29) is 17.6 Å². The smallest absolute Gasteiger partial charge is 0.321 e. The molecule has 8 heteroatoms. The number of hydrogen-bond acceptors (Lipinski definition) is 1. The van der Waals surface area contributed by atoms with Crippen LogP contribution in [0.4, 0.5) is 13.6 Å². The lowest BCUT2D eigenvalue weighted by Crippen LogP contribution is -2.53. The summed E-state index contributed by atoms with van der Waals surface area (Å²) in [5, 5.41) is 6.01. The van der Waals surface area contributed by atoms with Crippen molar-refractivity contribution < 1.29 is 13.6 Å². The molecular formula is C30H33F2I2N2OP. The number of carbonyl (C=O) groups excluding carboxylic acids is 1. The molecule has 2 N–H and O–H groups in total. The summed E-state index contributed by atoms with van der Waals surface area (Å²) in [6.07, 6.45) is 4.49. The van der Waals surface area contributed by atoms with Crippen LogP contribution in [0.15, 0.2) is 72.8 Å². The first-order valence-corrected chi connectivity index (χ1v) is 15.5. The van der Waals surface area contributed by atoms with Crippen LogP contribution in [0.5, 0.6) is 0 Å². The molecular weight excluding hydrogens is 727 g/mol. The molecule has 0 bridgehead atoms. The fraction of sp³-hybridized carbons (Fsp3) is 0.367. The fourth-order valence-electron chi connectivity index (χ4n) is 5.09. The summed E-state index contributed by atoms with van der Waals surface area (Å²) >= 11 is 3.44. The lowest BCUT2D eigenvalue weighted by molar-refractivity contribution is 0.127. The third-order valence-corrected chi connectivity index (χ3v) is 8.84. The highest BCUT2D eigenvalue weighted by Gasteiger charge is 2.40. The Kier molecular flexibility index (Phi) is 9.40. The Morgan fingerprint density at radius 1 is 0.921 bits per heavy atom. The van der Waals surface area contributed by atoms with Gasteiger partial charge in [-0.3, -0.25) is 0 Å². The molecule has 38 heavy (non-hydrogen) atoms. The van der Waals surface area contributed by atoms with Crippen molar-refractivity contribution >= 4 is 60.5 Å². The van der Waals surface area contributed by atoms with Crippen LogP contribution in [0.25, 0.3) is 0 Å². The van der Waals surface area contributed by atoms with Gasteiger partial charge < -0.3 is 10.6 Å². The average molecular weight is 760 g/mol. The normalized spacial score (nSPS) is 16.2. The van der Waals surface area contributed by atoms with Crippen molar-refractivity contribution in [3.05, 3.63) is 104 Å². The number of rotatable bonds is 8. The van der Waals surface area contributed by atoms with Crippen molar-refractivity contribution in [1.29, 1.82) is 0 Å². The molecule has 0 radical (unpaired) electrons. The van der Waals surface area contributed by atoms with Crippen molar-refractivity contribution in [2.45, 2.75) is 66.6 Å². The first kappa shape index (κ1) is 29.7. The molecule has 2 amide bonds. The van der Waals surface area contributed by atoms with Gasteiger partial charge >= 0.3 is 9.96 Å². The SMILES string of the molecule is CC(C)(P)c1cc(C(F)(F)I)cc([C@@](Cc2ccccc2)(NC(=O)NC2CCCC2)c2ccc(I)cc2)c1.